The third-order valence-electron chi connectivity index (χ3n) is 4.01. The molecular formula is C13H21N3. The predicted octanol–water partition coefficient (Wildman–Crippen LogP) is 3.13. The van der Waals surface area contributed by atoms with E-state index in [1.54, 1.807) is 0 Å². The van der Waals surface area contributed by atoms with Crippen LogP contribution in [-0.2, 0) is 0 Å². The number of anilines is 1. The van der Waals surface area contributed by atoms with Crippen LogP contribution in [0.1, 0.15) is 50.8 Å². The number of nitrogens with zero attached hydrogens (tertiary/aromatic N) is 2. The van der Waals surface area contributed by atoms with Gasteiger partial charge in [-0.2, -0.15) is 0 Å². The van der Waals surface area contributed by atoms with E-state index in [9.17, 15) is 0 Å². The number of nitrogens with one attached hydrogen (secondary N) is 1. The molecule has 0 amide bonds. The third kappa shape index (κ3) is 1.83. The first-order valence-electron chi connectivity index (χ1n) is 6.56. The predicted molar refractivity (Wildman–Crippen MR) is 65.7 cm³/mol. The van der Waals surface area contributed by atoms with Crippen LogP contribution in [0.2, 0.25) is 0 Å². The van der Waals surface area contributed by atoms with Crippen molar-refractivity contribution in [2.75, 3.05) is 5.32 Å². The van der Waals surface area contributed by atoms with E-state index >= 15 is 0 Å². The van der Waals surface area contributed by atoms with Gasteiger partial charge in [0.1, 0.15) is 0 Å². The quantitative estimate of drug-likeness (QED) is 0.843. The molecular weight excluding hydrogens is 198 g/mol. The lowest BCUT2D eigenvalue weighted by Gasteiger charge is -2.32. The van der Waals surface area contributed by atoms with Crippen LogP contribution in [0.4, 0.5) is 5.95 Å². The fourth-order valence-electron chi connectivity index (χ4n) is 2.52. The zero-order chi connectivity index (χ0) is 11.1. The first-order valence-corrected chi connectivity index (χ1v) is 6.56. The first-order chi connectivity index (χ1) is 7.74. The van der Waals surface area contributed by atoms with Crippen LogP contribution < -0.4 is 5.32 Å². The van der Waals surface area contributed by atoms with E-state index in [2.05, 4.69) is 34.9 Å². The normalized spacial score (nSPS) is 22.9. The van der Waals surface area contributed by atoms with Gasteiger partial charge in [-0.15, -0.1) is 0 Å². The van der Waals surface area contributed by atoms with Crippen molar-refractivity contribution in [1.29, 1.82) is 0 Å². The number of imidazole rings is 1. The third-order valence-corrected chi connectivity index (χ3v) is 4.01. The summed E-state index contributed by atoms with van der Waals surface area (Å²) < 4.78 is 2.34. The van der Waals surface area contributed by atoms with Crippen molar-refractivity contribution in [2.45, 2.75) is 58.0 Å². The highest BCUT2D eigenvalue weighted by molar-refractivity contribution is 5.32. The molecule has 1 N–H and O–H groups in total. The second-order valence-electron chi connectivity index (χ2n) is 5.47. The van der Waals surface area contributed by atoms with E-state index in [0.29, 0.717) is 6.04 Å². The maximum atomic E-state index is 4.60. The highest BCUT2D eigenvalue weighted by Gasteiger charge is 2.29. The van der Waals surface area contributed by atoms with Crippen LogP contribution in [-0.4, -0.2) is 15.6 Å². The molecule has 0 aromatic carbocycles. The van der Waals surface area contributed by atoms with Gasteiger partial charge in [0.15, 0.2) is 0 Å². The smallest absolute Gasteiger partial charge is 0.203 e. The Bertz CT molecular complexity index is 375. The van der Waals surface area contributed by atoms with Crippen LogP contribution in [0, 0.1) is 12.8 Å². The average Bonchev–Trinajstić information content (AvgIpc) is 2.89. The molecule has 0 bridgehead atoms. The molecule has 1 heterocycles. The summed E-state index contributed by atoms with van der Waals surface area (Å²) in [5.74, 6) is 1.96. The Morgan fingerprint density at radius 3 is 2.69 bits per heavy atom. The Kier molecular flexibility index (Phi) is 2.41. The summed E-state index contributed by atoms with van der Waals surface area (Å²) in [5, 5.41) is 3.61. The van der Waals surface area contributed by atoms with Crippen LogP contribution in [0.3, 0.4) is 0 Å². The molecule has 2 fully saturated rings. The van der Waals surface area contributed by atoms with E-state index in [1.807, 2.05) is 0 Å². The Morgan fingerprint density at radius 1 is 1.38 bits per heavy atom. The number of aromatic nitrogens is 2. The lowest BCUT2D eigenvalue weighted by molar-refractivity contribution is 0.284. The van der Waals surface area contributed by atoms with Crippen molar-refractivity contribution < 1.29 is 0 Å². The Morgan fingerprint density at radius 2 is 2.12 bits per heavy atom. The standard InChI is InChI=1S/C13H21N3/c1-9-8-16(12-6-7-12)13(14-9)15-10(2)11-4-3-5-11/h8,10-12H,3-7H2,1-2H3,(H,14,15). The number of rotatable bonds is 4. The zero-order valence-electron chi connectivity index (χ0n) is 10.2. The van der Waals surface area contributed by atoms with Crippen LogP contribution >= 0.6 is 0 Å². The van der Waals surface area contributed by atoms with Gasteiger partial charge >= 0.3 is 0 Å². The summed E-state index contributed by atoms with van der Waals surface area (Å²) in [6.07, 6.45) is 9.01. The first kappa shape index (κ1) is 10.2. The molecule has 0 spiro atoms. The van der Waals surface area contributed by atoms with E-state index in [1.165, 1.54) is 32.1 Å². The Labute approximate surface area is 97.3 Å². The minimum Gasteiger partial charge on any atom is -0.353 e. The summed E-state index contributed by atoms with van der Waals surface area (Å²) in [7, 11) is 0. The van der Waals surface area contributed by atoms with Crippen molar-refractivity contribution in [3.05, 3.63) is 11.9 Å². The molecule has 2 aliphatic carbocycles. The van der Waals surface area contributed by atoms with Gasteiger partial charge < -0.3 is 9.88 Å². The van der Waals surface area contributed by atoms with Crippen molar-refractivity contribution in [3.63, 3.8) is 0 Å². The number of aryl methyl sites for hydroxylation is 1. The molecule has 1 aromatic heterocycles. The van der Waals surface area contributed by atoms with Gasteiger partial charge in [-0.25, -0.2) is 4.98 Å². The molecule has 3 rings (SSSR count). The molecule has 3 heteroatoms. The second-order valence-corrected chi connectivity index (χ2v) is 5.47. The van der Waals surface area contributed by atoms with Crippen LogP contribution in [0.5, 0.6) is 0 Å². The molecule has 0 saturated heterocycles. The summed E-state index contributed by atoms with van der Waals surface area (Å²) in [4.78, 5) is 4.60. The topological polar surface area (TPSA) is 29.9 Å². The molecule has 2 aliphatic rings. The summed E-state index contributed by atoms with van der Waals surface area (Å²) in [6.45, 7) is 4.38. The lowest BCUT2D eigenvalue weighted by Crippen LogP contribution is -2.31. The Hall–Kier alpha value is -0.990. The Balaban J connectivity index is 1.72. The average molecular weight is 219 g/mol. The number of hydrogen-bond acceptors (Lipinski definition) is 2. The van der Waals surface area contributed by atoms with Gasteiger partial charge in [0.25, 0.3) is 0 Å². The largest absolute Gasteiger partial charge is 0.353 e. The summed E-state index contributed by atoms with van der Waals surface area (Å²) in [5.41, 5.74) is 1.13. The minimum absolute atomic E-state index is 0.577. The van der Waals surface area contributed by atoms with E-state index in [4.69, 9.17) is 0 Å². The zero-order valence-corrected chi connectivity index (χ0v) is 10.2. The summed E-state index contributed by atoms with van der Waals surface area (Å²) in [6, 6.07) is 1.30. The molecule has 2 saturated carbocycles. The highest BCUT2D eigenvalue weighted by Crippen LogP contribution is 2.38. The van der Waals surface area contributed by atoms with Gasteiger partial charge in [-0.1, -0.05) is 6.42 Å². The molecule has 0 radical (unpaired) electrons. The molecule has 3 nitrogen and oxygen atoms in total. The second kappa shape index (κ2) is 3.79. The number of hydrogen-bond donors (Lipinski definition) is 1. The minimum atomic E-state index is 0.577. The van der Waals surface area contributed by atoms with E-state index in [0.717, 1.165) is 23.6 Å². The van der Waals surface area contributed by atoms with Crippen LogP contribution in [0.25, 0.3) is 0 Å². The van der Waals surface area contributed by atoms with Crippen LogP contribution in [0.15, 0.2) is 6.20 Å². The summed E-state index contributed by atoms with van der Waals surface area (Å²) >= 11 is 0. The molecule has 88 valence electrons. The molecule has 16 heavy (non-hydrogen) atoms. The van der Waals surface area contributed by atoms with E-state index in [-0.39, 0.29) is 0 Å². The van der Waals surface area contributed by atoms with Gasteiger partial charge in [0, 0.05) is 18.3 Å². The van der Waals surface area contributed by atoms with Gasteiger partial charge in [0.05, 0.1) is 5.69 Å². The fraction of sp³-hybridized carbons (Fsp3) is 0.769. The maximum absolute atomic E-state index is 4.60. The SMILES string of the molecule is Cc1cn(C2CC2)c(NC(C)C2CCC2)n1. The van der Waals surface area contributed by atoms with Crippen molar-refractivity contribution in [1.82, 2.24) is 9.55 Å². The molecule has 1 aromatic rings. The maximum Gasteiger partial charge on any atom is 0.203 e. The monoisotopic (exact) mass is 219 g/mol. The van der Waals surface area contributed by atoms with Gasteiger partial charge in [-0.05, 0) is 45.4 Å². The van der Waals surface area contributed by atoms with E-state index < -0.39 is 0 Å². The van der Waals surface area contributed by atoms with Crippen molar-refractivity contribution in [3.8, 4) is 0 Å². The van der Waals surface area contributed by atoms with Crippen molar-refractivity contribution in [2.24, 2.45) is 5.92 Å². The highest BCUT2D eigenvalue weighted by atomic mass is 15.2. The molecule has 0 aliphatic heterocycles. The molecule has 1 unspecified atom stereocenters. The molecule has 1 atom stereocenters. The van der Waals surface area contributed by atoms with Gasteiger partial charge in [-0.3, -0.25) is 0 Å². The van der Waals surface area contributed by atoms with Gasteiger partial charge in [0.2, 0.25) is 5.95 Å². The fourth-order valence-corrected chi connectivity index (χ4v) is 2.52. The van der Waals surface area contributed by atoms with Crippen molar-refractivity contribution >= 4 is 5.95 Å². The lowest BCUT2D eigenvalue weighted by atomic mass is 9.80.